The fraction of sp³-hybridized carbons (Fsp3) is 0.389. The Morgan fingerprint density at radius 3 is 2.60 bits per heavy atom. The molecule has 0 saturated carbocycles. The van der Waals surface area contributed by atoms with Crippen LogP contribution in [-0.2, 0) is 4.74 Å². The average molecular weight is 429 g/mol. The van der Waals surface area contributed by atoms with Crippen LogP contribution in [0.3, 0.4) is 0 Å². The molecule has 2 aromatic rings. The monoisotopic (exact) mass is 429 g/mol. The van der Waals surface area contributed by atoms with Crippen molar-refractivity contribution in [2.45, 2.75) is 6.55 Å². The van der Waals surface area contributed by atoms with Gasteiger partial charge in [0.15, 0.2) is 23.2 Å². The Kier molecular flexibility index (Phi) is 6.55. The van der Waals surface area contributed by atoms with E-state index in [4.69, 9.17) is 9.47 Å². The van der Waals surface area contributed by atoms with E-state index in [2.05, 4.69) is 15.3 Å². The molecule has 8 nitrogen and oxygen atoms in total. The second-order valence-electron chi connectivity index (χ2n) is 6.15. The van der Waals surface area contributed by atoms with Crippen molar-refractivity contribution >= 4 is 23.4 Å². The van der Waals surface area contributed by atoms with Gasteiger partial charge in [-0.1, -0.05) is 0 Å². The highest BCUT2D eigenvalue weighted by Crippen LogP contribution is 2.38. The molecule has 3 rings (SSSR count). The number of aromatic nitrogens is 2. The van der Waals surface area contributed by atoms with Crippen molar-refractivity contribution in [1.82, 2.24) is 14.9 Å². The second kappa shape index (κ2) is 9.11. The van der Waals surface area contributed by atoms with Gasteiger partial charge in [0.2, 0.25) is 5.95 Å². The number of carbonyl (C=O) groups is 1. The molecule has 162 valence electrons. The van der Waals surface area contributed by atoms with E-state index in [1.165, 1.54) is 11.9 Å². The quantitative estimate of drug-likeness (QED) is 0.559. The molecule has 2 heterocycles. The van der Waals surface area contributed by atoms with Gasteiger partial charge in [0.1, 0.15) is 0 Å². The molecule has 1 fully saturated rings. The number of hydrogen-bond acceptors (Lipinski definition) is 7. The molecule has 1 saturated heterocycles. The van der Waals surface area contributed by atoms with Gasteiger partial charge in [0.25, 0.3) is 5.91 Å². The Labute approximate surface area is 169 Å². The summed E-state index contributed by atoms with van der Waals surface area (Å²) in [7, 11) is 2.44. The summed E-state index contributed by atoms with van der Waals surface area (Å²) < 4.78 is 66.6. The molecule has 12 heteroatoms. The summed E-state index contributed by atoms with van der Waals surface area (Å²) >= 11 is 0. The van der Waals surface area contributed by atoms with Gasteiger partial charge >= 0.3 is 6.55 Å². The van der Waals surface area contributed by atoms with Gasteiger partial charge in [0.05, 0.1) is 37.8 Å². The maximum absolute atomic E-state index is 15.1. The van der Waals surface area contributed by atoms with Crippen LogP contribution in [0.2, 0.25) is 0 Å². The number of alkyl halides is 2. The fourth-order valence-corrected chi connectivity index (χ4v) is 2.98. The minimum atomic E-state index is -3.21. The molecular weight excluding hydrogens is 410 g/mol. The van der Waals surface area contributed by atoms with Crippen molar-refractivity contribution in [2.75, 3.05) is 50.7 Å². The smallest absolute Gasteiger partial charge is 0.321 e. The largest absolute Gasteiger partial charge is 0.492 e. The summed E-state index contributed by atoms with van der Waals surface area (Å²) in [4.78, 5) is 21.6. The minimum absolute atomic E-state index is 0.279. The van der Waals surface area contributed by atoms with E-state index < -0.39 is 41.5 Å². The Bertz CT molecular complexity index is 925. The van der Waals surface area contributed by atoms with E-state index in [-0.39, 0.29) is 29.4 Å². The fourth-order valence-electron chi connectivity index (χ4n) is 2.98. The molecule has 0 atom stereocenters. The lowest BCUT2D eigenvalue weighted by molar-refractivity contribution is 0.0299. The highest BCUT2D eigenvalue weighted by molar-refractivity contribution is 5.96. The number of anilines is 3. The van der Waals surface area contributed by atoms with Gasteiger partial charge in [-0.05, 0) is 12.1 Å². The van der Waals surface area contributed by atoms with E-state index in [0.717, 1.165) is 19.2 Å². The summed E-state index contributed by atoms with van der Waals surface area (Å²) in [5.74, 6) is -4.05. The van der Waals surface area contributed by atoms with Crippen molar-refractivity contribution in [3.8, 4) is 5.75 Å². The highest BCUT2D eigenvalue weighted by Gasteiger charge is 2.31. The van der Waals surface area contributed by atoms with Crippen LogP contribution < -0.4 is 15.0 Å². The number of halogens is 4. The number of amides is 1. The number of hydrogen-bond donors (Lipinski definition) is 1. The molecule has 0 bridgehead atoms. The highest BCUT2D eigenvalue weighted by atomic mass is 19.3. The number of carbonyl (C=O) groups excluding carboxylic acids is 1. The van der Waals surface area contributed by atoms with Gasteiger partial charge in [-0.2, -0.15) is 13.8 Å². The summed E-state index contributed by atoms with van der Waals surface area (Å²) in [6.07, 6.45) is 0.711. The lowest BCUT2D eigenvalue weighted by atomic mass is 10.1. The minimum Gasteiger partial charge on any atom is -0.492 e. The van der Waals surface area contributed by atoms with Gasteiger partial charge in [-0.15, -0.1) is 0 Å². The van der Waals surface area contributed by atoms with Crippen LogP contribution in [0.25, 0.3) is 0 Å². The number of morpholine rings is 1. The summed E-state index contributed by atoms with van der Waals surface area (Å²) in [5, 5.41) is 2.42. The molecule has 0 aliphatic carbocycles. The SMILES string of the molecule is CNc1nc(N(c2ccc(C(=O)N3CCOCC3)c(F)c2OC)C(F)F)ncc1F. The number of rotatable bonds is 6. The molecule has 1 aliphatic rings. The average Bonchev–Trinajstić information content (AvgIpc) is 2.75. The molecule has 30 heavy (non-hydrogen) atoms. The van der Waals surface area contributed by atoms with Crippen molar-refractivity contribution in [2.24, 2.45) is 0 Å². The van der Waals surface area contributed by atoms with Gasteiger partial charge in [-0.3, -0.25) is 4.79 Å². The third-order valence-corrected chi connectivity index (χ3v) is 4.45. The summed E-state index contributed by atoms with van der Waals surface area (Å²) in [6, 6.07) is 2.19. The van der Waals surface area contributed by atoms with E-state index in [1.807, 2.05) is 0 Å². The molecule has 1 N–H and O–H groups in total. The second-order valence-corrected chi connectivity index (χ2v) is 6.15. The number of benzene rings is 1. The van der Waals surface area contributed by atoms with Crippen LogP contribution in [0, 0.1) is 11.6 Å². The lowest BCUT2D eigenvalue weighted by Crippen LogP contribution is -2.41. The van der Waals surface area contributed by atoms with Crippen LogP contribution >= 0.6 is 0 Å². The molecule has 0 unspecified atom stereocenters. The predicted octanol–water partition coefficient (Wildman–Crippen LogP) is 2.64. The van der Waals surface area contributed by atoms with Crippen molar-refractivity contribution < 1.29 is 31.8 Å². The third kappa shape index (κ3) is 4.08. The molecule has 1 aromatic heterocycles. The topological polar surface area (TPSA) is 79.8 Å². The Hall–Kier alpha value is -3.15. The molecule has 1 amide bonds. The standard InChI is InChI=1S/C18H19F4N5O3/c1-23-15-11(19)9-24-18(25-15)27(17(21)22)12-4-3-10(13(20)14(12)29-2)16(28)26-5-7-30-8-6-26/h3-4,9,17H,5-8H2,1-2H3,(H,23,24,25). The lowest BCUT2D eigenvalue weighted by Gasteiger charge is -2.28. The first-order valence-electron chi connectivity index (χ1n) is 8.90. The number of nitrogens with one attached hydrogen (secondary N) is 1. The Balaban J connectivity index is 2.05. The maximum atomic E-state index is 15.1. The Morgan fingerprint density at radius 2 is 2.00 bits per heavy atom. The van der Waals surface area contributed by atoms with E-state index in [0.29, 0.717) is 19.4 Å². The first-order valence-corrected chi connectivity index (χ1v) is 8.90. The van der Waals surface area contributed by atoms with E-state index >= 15 is 4.39 Å². The predicted molar refractivity (Wildman–Crippen MR) is 99.4 cm³/mol. The third-order valence-electron chi connectivity index (χ3n) is 4.45. The first kappa shape index (κ1) is 21.6. The first-order chi connectivity index (χ1) is 14.4. The van der Waals surface area contributed by atoms with Crippen LogP contribution in [0.4, 0.5) is 35.0 Å². The Morgan fingerprint density at radius 1 is 1.30 bits per heavy atom. The van der Waals surface area contributed by atoms with E-state index in [9.17, 15) is 18.0 Å². The zero-order valence-electron chi connectivity index (χ0n) is 16.2. The van der Waals surface area contributed by atoms with Crippen LogP contribution in [-0.4, -0.2) is 67.8 Å². The van der Waals surface area contributed by atoms with Gasteiger partial charge in [-0.25, -0.2) is 18.7 Å². The van der Waals surface area contributed by atoms with Crippen molar-refractivity contribution in [3.63, 3.8) is 0 Å². The zero-order valence-corrected chi connectivity index (χ0v) is 16.2. The number of ether oxygens (including phenoxy) is 2. The molecule has 0 spiro atoms. The molecular formula is C18H19F4N5O3. The zero-order chi connectivity index (χ0) is 21.8. The normalized spacial score (nSPS) is 14.0. The van der Waals surface area contributed by atoms with Crippen LogP contribution in [0.5, 0.6) is 5.75 Å². The number of nitrogens with zero attached hydrogens (tertiary/aromatic N) is 4. The maximum Gasteiger partial charge on any atom is 0.321 e. The van der Waals surface area contributed by atoms with Crippen LogP contribution in [0.15, 0.2) is 18.3 Å². The number of methoxy groups -OCH3 is 1. The van der Waals surface area contributed by atoms with Crippen LogP contribution in [0.1, 0.15) is 10.4 Å². The summed E-state index contributed by atoms with van der Waals surface area (Å²) in [5.41, 5.74) is -0.750. The van der Waals surface area contributed by atoms with Gasteiger partial charge in [0, 0.05) is 20.1 Å². The van der Waals surface area contributed by atoms with Crippen molar-refractivity contribution in [3.05, 3.63) is 35.5 Å². The summed E-state index contributed by atoms with van der Waals surface area (Å²) in [6.45, 7) is -2.02. The molecule has 1 aliphatic heterocycles. The van der Waals surface area contributed by atoms with E-state index in [1.54, 1.807) is 0 Å². The van der Waals surface area contributed by atoms with Crippen molar-refractivity contribution in [1.29, 1.82) is 0 Å². The molecule has 0 radical (unpaired) electrons. The van der Waals surface area contributed by atoms with Gasteiger partial charge < -0.3 is 19.7 Å². The molecule has 1 aromatic carbocycles.